The van der Waals surface area contributed by atoms with Gasteiger partial charge in [0.15, 0.2) is 0 Å². The van der Waals surface area contributed by atoms with Gasteiger partial charge in [0.25, 0.3) is 0 Å². The van der Waals surface area contributed by atoms with Crippen LogP contribution in [0.2, 0.25) is 0 Å². The molecule has 2 aromatic rings. The van der Waals surface area contributed by atoms with Crippen LogP contribution in [0.5, 0.6) is 0 Å². The van der Waals surface area contributed by atoms with Gasteiger partial charge in [0.1, 0.15) is 5.60 Å². The van der Waals surface area contributed by atoms with Gasteiger partial charge in [-0.05, 0) is 63.1 Å². The van der Waals surface area contributed by atoms with Gasteiger partial charge in [-0.1, -0.05) is 24.3 Å². The lowest BCUT2D eigenvalue weighted by Crippen LogP contribution is -2.36. The highest BCUT2D eigenvalue weighted by Crippen LogP contribution is 2.29. The second kappa shape index (κ2) is 11.0. The molecule has 0 aromatic heterocycles. The van der Waals surface area contributed by atoms with Crippen LogP contribution in [0.3, 0.4) is 0 Å². The monoisotopic (exact) mass is 480 g/mol. The predicted octanol–water partition coefficient (Wildman–Crippen LogP) is 5.14. The molecule has 2 rings (SSSR count). The van der Waals surface area contributed by atoms with Crippen molar-refractivity contribution in [2.24, 2.45) is 0 Å². The van der Waals surface area contributed by atoms with Crippen molar-refractivity contribution in [3.05, 3.63) is 65.2 Å². The summed E-state index contributed by atoms with van der Waals surface area (Å²) in [6.45, 7) is 6.66. The number of ether oxygens (including phenoxy) is 2. The molecular weight excluding hydrogens is 453 g/mol. The molecule has 0 saturated carbocycles. The van der Waals surface area contributed by atoms with Crippen LogP contribution in [0.15, 0.2) is 48.5 Å². The van der Waals surface area contributed by atoms with Crippen LogP contribution in [0, 0.1) is 0 Å². The van der Waals surface area contributed by atoms with E-state index in [0.29, 0.717) is 16.8 Å². The number of nitrogens with one attached hydrogen (secondary N) is 1. The summed E-state index contributed by atoms with van der Waals surface area (Å²) >= 11 is 0. The average molecular weight is 480 g/mol. The molecule has 2 aromatic carbocycles. The molecule has 0 heterocycles. The number of nitrogens with zero attached hydrogens (tertiary/aromatic N) is 1. The Morgan fingerprint density at radius 2 is 1.38 bits per heavy atom. The lowest BCUT2D eigenvalue weighted by molar-refractivity contribution is -0.160. The van der Waals surface area contributed by atoms with Crippen molar-refractivity contribution in [2.75, 3.05) is 11.9 Å². The van der Waals surface area contributed by atoms with E-state index in [2.05, 4.69) is 5.32 Å². The van der Waals surface area contributed by atoms with Gasteiger partial charge in [-0.3, -0.25) is 10.1 Å². The molecule has 0 spiro atoms. The zero-order chi connectivity index (χ0) is 25.5. The lowest BCUT2D eigenvalue weighted by Gasteiger charge is -2.22. The van der Waals surface area contributed by atoms with Crippen LogP contribution in [-0.4, -0.2) is 35.1 Å². The molecule has 184 valence electrons. The van der Waals surface area contributed by atoms with Gasteiger partial charge < -0.3 is 14.4 Å². The van der Waals surface area contributed by atoms with E-state index in [1.807, 2.05) is 0 Å². The number of carbonyl (C=O) groups excluding carboxylic acids is 3. The molecular formula is C24H27F3N2O5. The second-order valence-electron chi connectivity index (χ2n) is 8.40. The van der Waals surface area contributed by atoms with E-state index in [4.69, 9.17) is 9.47 Å². The maximum absolute atomic E-state index is 12.8. The van der Waals surface area contributed by atoms with Gasteiger partial charge >= 0.3 is 24.1 Å². The highest BCUT2D eigenvalue weighted by Gasteiger charge is 2.30. The van der Waals surface area contributed by atoms with Crippen LogP contribution in [-0.2, 0) is 38.3 Å². The minimum Gasteiger partial charge on any atom is -0.459 e. The summed E-state index contributed by atoms with van der Waals surface area (Å²) in [6.07, 6.45) is -5.10. The van der Waals surface area contributed by atoms with E-state index in [1.54, 1.807) is 52.0 Å². The number of rotatable bonds is 6. The molecule has 1 N–H and O–H groups in total. The standard InChI is InChI=1S/C24H27F3N2O5/c1-5-33-21(31)20(30)29(14-16-6-10-18(11-7-16)24(25,26)27)15-17-8-12-19(13-9-17)28-22(32)34-23(2,3)4/h6-13H,5,14-15H2,1-4H3,(H,28,32). The molecule has 0 aliphatic heterocycles. The van der Waals surface area contributed by atoms with Crippen LogP contribution in [0.25, 0.3) is 0 Å². The summed E-state index contributed by atoms with van der Waals surface area (Å²) in [5.74, 6) is -1.98. The molecule has 0 atom stereocenters. The van der Waals surface area contributed by atoms with E-state index in [0.717, 1.165) is 12.1 Å². The molecule has 0 fully saturated rings. The molecule has 2 amide bonds. The van der Waals surface area contributed by atoms with E-state index in [1.165, 1.54) is 17.0 Å². The summed E-state index contributed by atoms with van der Waals surface area (Å²) < 4.78 is 48.4. The Balaban J connectivity index is 2.16. The Morgan fingerprint density at radius 1 is 0.882 bits per heavy atom. The quantitative estimate of drug-likeness (QED) is 0.457. The van der Waals surface area contributed by atoms with Gasteiger partial charge in [0, 0.05) is 18.8 Å². The fraction of sp³-hybridized carbons (Fsp3) is 0.375. The summed E-state index contributed by atoms with van der Waals surface area (Å²) in [5, 5.41) is 2.59. The second-order valence-corrected chi connectivity index (χ2v) is 8.40. The molecule has 0 aliphatic rings. The first-order chi connectivity index (χ1) is 15.8. The van der Waals surface area contributed by atoms with Gasteiger partial charge in [-0.25, -0.2) is 9.59 Å². The fourth-order valence-corrected chi connectivity index (χ4v) is 2.88. The highest BCUT2D eigenvalue weighted by atomic mass is 19.4. The Hall–Kier alpha value is -3.56. The fourth-order valence-electron chi connectivity index (χ4n) is 2.88. The van der Waals surface area contributed by atoms with Crippen molar-refractivity contribution in [3.8, 4) is 0 Å². The molecule has 0 bridgehead atoms. The van der Waals surface area contributed by atoms with Gasteiger partial charge in [-0.2, -0.15) is 13.2 Å². The van der Waals surface area contributed by atoms with Crippen molar-refractivity contribution >= 4 is 23.7 Å². The molecule has 0 radical (unpaired) electrons. The van der Waals surface area contributed by atoms with E-state index in [9.17, 15) is 27.6 Å². The number of hydrogen-bond donors (Lipinski definition) is 1. The van der Waals surface area contributed by atoms with E-state index >= 15 is 0 Å². The average Bonchev–Trinajstić information content (AvgIpc) is 2.72. The first-order valence-electron chi connectivity index (χ1n) is 10.5. The maximum Gasteiger partial charge on any atom is 0.416 e. The molecule has 7 nitrogen and oxygen atoms in total. The van der Waals surface area contributed by atoms with Gasteiger partial charge in [0.05, 0.1) is 12.2 Å². The van der Waals surface area contributed by atoms with E-state index < -0.39 is 35.3 Å². The number of hydrogen-bond acceptors (Lipinski definition) is 5. The number of esters is 1. The number of carbonyl (C=O) groups is 3. The molecule has 0 unspecified atom stereocenters. The van der Waals surface area contributed by atoms with Gasteiger partial charge in [-0.15, -0.1) is 0 Å². The first-order valence-corrected chi connectivity index (χ1v) is 10.5. The summed E-state index contributed by atoms with van der Waals surface area (Å²) in [5.41, 5.74) is 0.0285. The topological polar surface area (TPSA) is 84.9 Å². The molecule has 0 saturated heterocycles. The van der Waals surface area contributed by atoms with Crippen molar-refractivity contribution < 1.29 is 37.0 Å². The Morgan fingerprint density at radius 3 is 1.82 bits per heavy atom. The summed E-state index contributed by atoms with van der Waals surface area (Å²) in [6, 6.07) is 10.8. The number of amides is 2. The normalized spacial score (nSPS) is 11.5. The van der Waals surface area contributed by atoms with Crippen LogP contribution >= 0.6 is 0 Å². The van der Waals surface area contributed by atoms with Gasteiger partial charge in [0.2, 0.25) is 0 Å². The first kappa shape index (κ1) is 26.7. The van der Waals surface area contributed by atoms with Crippen LogP contribution in [0.1, 0.15) is 44.4 Å². The van der Waals surface area contributed by atoms with E-state index in [-0.39, 0.29) is 19.7 Å². The number of halogens is 3. The highest BCUT2D eigenvalue weighted by molar-refractivity contribution is 6.32. The molecule has 10 heteroatoms. The number of alkyl halides is 3. The van der Waals surface area contributed by atoms with Crippen molar-refractivity contribution in [3.63, 3.8) is 0 Å². The molecule has 0 aliphatic carbocycles. The van der Waals surface area contributed by atoms with Crippen molar-refractivity contribution in [1.29, 1.82) is 0 Å². The largest absolute Gasteiger partial charge is 0.459 e. The SMILES string of the molecule is CCOC(=O)C(=O)N(Cc1ccc(NC(=O)OC(C)(C)C)cc1)Cc1ccc(C(F)(F)F)cc1. The third-order valence-electron chi connectivity index (χ3n) is 4.36. The number of anilines is 1. The Kier molecular flexibility index (Phi) is 8.67. The maximum atomic E-state index is 12.8. The number of benzene rings is 2. The summed E-state index contributed by atoms with van der Waals surface area (Å²) in [7, 11) is 0. The third-order valence-corrected chi connectivity index (χ3v) is 4.36. The minimum atomic E-state index is -4.48. The molecule has 34 heavy (non-hydrogen) atoms. The van der Waals surface area contributed by atoms with Crippen LogP contribution in [0.4, 0.5) is 23.7 Å². The predicted molar refractivity (Wildman–Crippen MR) is 119 cm³/mol. The van der Waals surface area contributed by atoms with Crippen molar-refractivity contribution in [1.82, 2.24) is 4.90 Å². The Labute approximate surface area is 195 Å². The Bertz CT molecular complexity index is 997. The lowest BCUT2D eigenvalue weighted by atomic mass is 10.1. The van der Waals surface area contributed by atoms with Crippen LogP contribution < -0.4 is 5.32 Å². The third kappa shape index (κ3) is 8.42. The minimum absolute atomic E-state index is 0.00370. The zero-order valence-corrected chi connectivity index (χ0v) is 19.4. The smallest absolute Gasteiger partial charge is 0.416 e. The van der Waals surface area contributed by atoms with Crippen molar-refractivity contribution in [2.45, 2.75) is 52.6 Å². The summed E-state index contributed by atoms with van der Waals surface area (Å²) in [4.78, 5) is 37.7. The zero-order valence-electron chi connectivity index (χ0n) is 19.4.